The molecule has 1 fully saturated rings. The molecule has 1 aliphatic heterocycles. The SMILES string of the molecule is CCNC(=NCc1c(C)nn(-c2ccccc2)c1C)N1CCC(C(=O)OCC)CC1.I. The number of ether oxygens (including phenoxy) is 1. The number of halogens is 1. The molecule has 2 aromatic rings. The molecule has 8 heteroatoms. The molecule has 1 aromatic heterocycles. The molecule has 0 spiro atoms. The Bertz CT molecular complexity index is 874. The van der Waals surface area contributed by atoms with Gasteiger partial charge in [-0.1, -0.05) is 18.2 Å². The fourth-order valence-corrected chi connectivity index (χ4v) is 3.89. The fraction of sp³-hybridized carbons (Fsp3) is 0.522. The first-order valence-electron chi connectivity index (χ1n) is 10.9. The predicted octanol–water partition coefficient (Wildman–Crippen LogP) is 3.85. The van der Waals surface area contributed by atoms with Crippen LogP contribution in [0.1, 0.15) is 43.6 Å². The van der Waals surface area contributed by atoms with Gasteiger partial charge in [0.05, 0.1) is 30.5 Å². The van der Waals surface area contributed by atoms with Crippen LogP contribution in [0, 0.1) is 19.8 Å². The highest BCUT2D eigenvalue weighted by Crippen LogP contribution is 2.21. The highest BCUT2D eigenvalue weighted by Gasteiger charge is 2.27. The number of likely N-dealkylation sites (tertiary alicyclic amines) is 1. The average Bonchev–Trinajstić information content (AvgIpc) is 3.05. The lowest BCUT2D eigenvalue weighted by Gasteiger charge is -2.33. The van der Waals surface area contributed by atoms with E-state index in [0.29, 0.717) is 13.2 Å². The summed E-state index contributed by atoms with van der Waals surface area (Å²) in [6, 6.07) is 10.2. The van der Waals surface area contributed by atoms with Gasteiger partial charge in [-0.25, -0.2) is 9.67 Å². The summed E-state index contributed by atoms with van der Waals surface area (Å²) in [7, 11) is 0. The smallest absolute Gasteiger partial charge is 0.309 e. The third-order valence-electron chi connectivity index (χ3n) is 5.58. The minimum absolute atomic E-state index is 0. The Morgan fingerprint density at radius 2 is 1.87 bits per heavy atom. The minimum Gasteiger partial charge on any atom is -0.466 e. The molecular weight excluding hydrogens is 505 g/mol. The number of aromatic nitrogens is 2. The Kier molecular flexibility index (Phi) is 9.80. The lowest BCUT2D eigenvalue weighted by molar-refractivity contribution is -0.149. The van der Waals surface area contributed by atoms with Crippen LogP contribution in [0.15, 0.2) is 35.3 Å². The number of aryl methyl sites for hydroxylation is 1. The first-order chi connectivity index (χ1) is 14.5. The third-order valence-corrected chi connectivity index (χ3v) is 5.58. The number of piperidine rings is 1. The van der Waals surface area contributed by atoms with E-state index in [1.54, 1.807) is 0 Å². The van der Waals surface area contributed by atoms with Gasteiger partial charge in [0.15, 0.2) is 5.96 Å². The number of guanidine groups is 1. The number of nitrogens with one attached hydrogen (secondary N) is 1. The van der Waals surface area contributed by atoms with Crippen molar-refractivity contribution in [3.63, 3.8) is 0 Å². The second-order valence-electron chi connectivity index (χ2n) is 7.58. The molecule has 0 radical (unpaired) electrons. The molecule has 0 amide bonds. The van der Waals surface area contributed by atoms with E-state index in [-0.39, 0.29) is 35.9 Å². The van der Waals surface area contributed by atoms with E-state index in [4.69, 9.17) is 14.8 Å². The number of benzene rings is 1. The maximum Gasteiger partial charge on any atom is 0.309 e. The van der Waals surface area contributed by atoms with Crippen molar-refractivity contribution in [2.45, 2.75) is 47.1 Å². The largest absolute Gasteiger partial charge is 0.466 e. The molecule has 1 saturated heterocycles. The van der Waals surface area contributed by atoms with E-state index in [0.717, 1.165) is 61.1 Å². The van der Waals surface area contributed by atoms with Crippen molar-refractivity contribution in [3.8, 4) is 5.69 Å². The number of nitrogens with zero attached hydrogens (tertiary/aromatic N) is 4. The normalized spacial score (nSPS) is 14.8. The van der Waals surface area contributed by atoms with Gasteiger partial charge in [0.25, 0.3) is 0 Å². The predicted molar refractivity (Wildman–Crippen MR) is 134 cm³/mol. The molecule has 0 aliphatic carbocycles. The van der Waals surface area contributed by atoms with E-state index in [2.05, 4.69) is 36.2 Å². The number of aliphatic imine (C=N–C) groups is 1. The van der Waals surface area contributed by atoms with Crippen molar-refractivity contribution in [2.24, 2.45) is 10.9 Å². The Hall–Kier alpha value is -2.10. The number of carbonyl (C=O) groups is 1. The van der Waals surface area contributed by atoms with Gasteiger partial charge in [-0.2, -0.15) is 5.10 Å². The topological polar surface area (TPSA) is 71.8 Å². The molecule has 31 heavy (non-hydrogen) atoms. The van der Waals surface area contributed by atoms with E-state index < -0.39 is 0 Å². The molecule has 0 unspecified atom stereocenters. The molecular formula is C23H34IN5O2. The summed E-state index contributed by atoms with van der Waals surface area (Å²) in [5.41, 5.74) is 4.31. The van der Waals surface area contributed by atoms with Crippen molar-refractivity contribution >= 4 is 35.9 Å². The van der Waals surface area contributed by atoms with Gasteiger partial charge in [0, 0.05) is 30.9 Å². The van der Waals surface area contributed by atoms with Crippen molar-refractivity contribution in [1.29, 1.82) is 0 Å². The first-order valence-corrected chi connectivity index (χ1v) is 10.9. The zero-order valence-electron chi connectivity index (χ0n) is 18.9. The highest BCUT2D eigenvalue weighted by atomic mass is 127. The van der Waals surface area contributed by atoms with Crippen LogP contribution in [-0.4, -0.2) is 52.9 Å². The average molecular weight is 539 g/mol. The van der Waals surface area contributed by atoms with Gasteiger partial charge < -0.3 is 15.0 Å². The molecule has 0 atom stereocenters. The third kappa shape index (κ3) is 6.21. The lowest BCUT2D eigenvalue weighted by Crippen LogP contribution is -2.46. The zero-order chi connectivity index (χ0) is 21.5. The monoisotopic (exact) mass is 539 g/mol. The van der Waals surface area contributed by atoms with E-state index in [1.807, 2.05) is 36.7 Å². The number of esters is 1. The van der Waals surface area contributed by atoms with Gasteiger partial charge >= 0.3 is 5.97 Å². The van der Waals surface area contributed by atoms with E-state index >= 15 is 0 Å². The summed E-state index contributed by atoms with van der Waals surface area (Å²) in [6.45, 7) is 11.5. The van der Waals surface area contributed by atoms with Crippen LogP contribution in [0.2, 0.25) is 0 Å². The highest BCUT2D eigenvalue weighted by molar-refractivity contribution is 14.0. The van der Waals surface area contributed by atoms with Crippen molar-refractivity contribution in [1.82, 2.24) is 20.0 Å². The van der Waals surface area contributed by atoms with Crippen molar-refractivity contribution in [2.75, 3.05) is 26.2 Å². The maximum absolute atomic E-state index is 12.0. The Balaban J connectivity index is 0.00000341. The van der Waals surface area contributed by atoms with Gasteiger partial charge in [-0.3, -0.25) is 4.79 Å². The standard InChI is InChI=1S/C23H33N5O2.HI/c1-5-24-23(27-14-12-19(13-15-27)22(29)30-6-2)25-16-21-17(3)26-28(18(21)4)20-10-8-7-9-11-20;/h7-11,19H,5-6,12-16H2,1-4H3,(H,24,25);1H. The van der Waals surface area contributed by atoms with Crippen LogP contribution in [0.5, 0.6) is 0 Å². The maximum atomic E-state index is 12.0. The molecule has 0 saturated carbocycles. The van der Waals surface area contributed by atoms with Gasteiger partial charge in [-0.05, 0) is 52.7 Å². The van der Waals surface area contributed by atoms with Crippen molar-refractivity contribution < 1.29 is 9.53 Å². The molecule has 1 aromatic carbocycles. The second-order valence-corrected chi connectivity index (χ2v) is 7.58. The summed E-state index contributed by atoms with van der Waals surface area (Å²) in [6.07, 6.45) is 1.60. The molecule has 7 nitrogen and oxygen atoms in total. The molecule has 0 bridgehead atoms. The summed E-state index contributed by atoms with van der Waals surface area (Å²) in [5, 5.41) is 8.13. The lowest BCUT2D eigenvalue weighted by atomic mass is 9.97. The molecule has 1 N–H and O–H groups in total. The molecule has 2 heterocycles. The Morgan fingerprint density at radius 1 is 1.19 bits per heavy atom. The Labute approximate surface area is 202 Å². The summed E-state index contributed by atoms with van der Waals surface area (Å²) >= 11 is 0. The van der Waals surface area contributed by atoms with Crippen LogP contribution >= 0.6 is 24.0 Å². The molecule has 3 rings (SSSR count). The van der Waals surface area contributed by atoms with Crippen molar-refractivity contribution in [3.05, 3.63) is 47.3 Å². The van der Waals surface area contributed by atoms with E-state index in [1.165, 1.54) is 0 Å². The Morgan fingerprint density at radius 3 is 2.48 bits per heavy atom. The quantitative estimate of drug-likeness (QED) is 0.262. The summed E-state index contributed by atoms with van der Waals surface area (Å²) < 4.78 is 7.17. The minimum atomic E-state index is -0.0707. The second kappa shape index (κ2) is 12.1. The van der Waals surface area contributed by atoms with Crippen LogP contribution in [0.3, 0.4) is 0 Å². The zero-order valence-corrected chi connectivity index (χ0v) is 21.3. The number of hydrogen-bond donors (Lipinski definition) is 1. The molecule has 170 valence electrons. The van der Waals surface area contributed by atoms with Crippen LogP contribution in [-0.2, 0) is 16.1 Å². The summed E-state index contributed by atoms with van der Waals surface area (Å²) in [5.74, 6) is 0.822. The van der Waals surface area contributed by atoms with Gasteiger partial charge in [-0.15, -0.1) is 24.0 Å². The van der Waals surface area contributed by atoms with Crippen LogP contribution in [0.25, 0.3) is 5.69 Å². The number of hydrogen-bond acceptors (Lipinski definition) is 4. The van der Waals surface area contributed by atoms with Crippen LogP contribution in [0.4, 0.5) is 0 Å². The molecule has 1 aliphatic rings. The van der Waals surface area contributed by atoms with Gasteiger partial charge in [0.1, 0.15) is 0 Å². The van der Waals surface area contributed by atoms with Gasteiger partial charge in [0.2, 0.25) is 0 Å². The number of rotatable bonds is 6. The fourth-order valence-electron chi connectivity index (χ4n) is 3.89. The van der Waals surface area contributed by atoms with Crippen LogP contribution < -0.4 is 5.32 Å². The van der Waals surface area contributed by atoms with E-state index in [9.17, 15) is 4.79 Å². The summed E-state index contributed by atoms with van der Waals surface area (Å²) in [4.78, 5) is 19.2. The first kappa shape index (κ1) is 25.2. The number of para-hydroxylation sites is 1. The number of carbonyl (C=O) groups excluding carboxylic acids is 1.